The molecule has 0 saturated carbocycles. The van der Waals surface area contributed by atoms with Crippen molar-refractivity contribution < 1.29 is 52.8 Å². The zero-order chi connectivity index (χ0) is 22.8. The van der Waals surface area contributed by atoms with Crippen LogP contribution in [0.5, 0.6) is 11.5 Å². The van der Waals surface area contributed by atoms with Crippen LogP contribution in [0.4, 0.5) is 0 Å². The van der Waals surface area contributed by atoms with E-state index in [2.05, 4.69) is 78.9 Å². The average molecular weight is 628 g/mol. The van der Waals surface area contributed by atoms with Crippen molar-refractivity contribution in [3.8, 4) is 11.5 Å². The van der Waals surface area contributed by atoms with Crippen molar-refractivity contribution in [3.63, 3.8) is 0 Å². The minimum absolute atomic E-state index is 0. The summed E-state index contributed by atoms with van der Waals surface area (Å²) in [6.07, 6.45) is 4.79. The Balaban J connectivity index is 0.00000133. The normalized spacial score (nSPS) is 17.7. The smallest absolute Gasteiger partial charge is 1.00 e. The Hall–Kier alpha value is -1.80. The van der Waals surface area contributed by atoms with Gasteiger partial charge in [0.05, 0.1) is 0 Å². The Morgan fingerprint density at radius 3 is 2.06 bits per heavy atom. The van der Waals surface area contributed by atoms with E-state index in [1.54, 1.807) is 0 Å². The molecule has 0 aromatic heterocycles. The van der Waals surface area contributed by atoms with E-state index in [4.69, 9.17) is 27.9 Å². The molecule has 2 aliphatic carbocycles. The molecule has 4 aromatic carbocycles. The molecule has 2 atom stereocenters. The third kappa shape index (κ3) is 4.22. The van der Waals surface area contributed by atoms with Gasteiger partial charge in [0, 0.05) is 0 Å². The maximum atomic E-state index is 6.85. The van der Waals surface area contributed by atoms with Crippen LogP contribution in [0.1, 0.15) is 45.2 Å². The molecule has 1 nitrogen and oxygen atoms in total. The molecule has 0 radical (unpaired) electrons. The van der Waals surface area contributed by atoms with Crippen LogP contribution in [0, 0.1) is 0 Å². The van der Waals surface area contributed by atoms with E-state index >= 15 is 0 Å². The van der Waals surface area contributed by atoms with Crippen LogP contribution in [0.15, 0.2) is 91.5 Å². The van der Waals surface area contributed by atoms with Gasteiger partial charge in [0.1, 0.15) is 0 Å². The van der Waals surface area contributed by atoms with E-state index in [1.165, 1.54) is 39.9 Å². The third-order valence-corrected chi connectivity index (χ3v) is 11.1. The predicted octanol–water partition coefficient (Wildman–Crippen LogP) is 2.86. The van der Waals surface area contributed by atoms with Crippen molar-refractivity contribution in [2.24, 2.45) is 0 Å². The summed E-state index contributed by atoms with van der Waals surface area (Å²) in [4.78, 5) is 0. The van der Waals surface area contributed by atoms with E-state index in [-0.39, 0.29) is 36.6 Å². The van der Waals surface area contributed by atoms with Gasteiger partial charge in [-0.3, -0.25) is 0 Å². The molecule has 4 aliphatic rings. The van der Waals surface area contributed by atoms with Crippen LogP contribution >= 0.6 is 23.2 Å². The second kappa shape index (κ2) is 10.2. The molecular formula is C30H18Cl4OZr. The summed E-state index contributed by atoms with van der Waals surface area (Å²) in [5.41, 5.74) is 7.47. The molecule has 6 heteroatoms. The molecule has 0 spiro atoms. The summed E-state index contributed by atoms with van der Waals surface area (Å²) in [5, 5.41) is 1.64. The second-order valence-corrected chi connectivity index (χ2v) is 13.2. The first-order chi connectivity index (χ1) is 16.7. The summed E-state index contributed by atoms with van der Waals surface area (Å²) in [6.45, 7) is 0. The maximum Gasteiger partial charge on any atom is -1.00 e. The molecule has 2 aliphatic heterocycles. The first-order valence-corrected chi connectivity index (χ1v) is 14.5. The van der Waals surface area contributed by atoms with Gasteiger partial charge in [-0.1, -0.05) is 0 Å². The molecule has 36 heavy (non-hydrogen) atoms. The van der Waals surface area contributed by atoms with Crippen LogP contribution in [0.3, 0.4) is 0 Å². The average Bonchev–Trinajstić information content (AvgIpc) is 3.40. The molecule has 0 N–H and O–H groups in total. The summed E-state index contributed by atoms with van der Waals surface area (Å²) < 4.78 is 9.16. The Kier molecular flexibility index (Phi) is 7.29. The first kappa shape index (κ1) is 25.8. The van der Waals surface area contributed by atoms with E-state index in [0.29, 0.717) is 0 Å². The van der Waals surface area contributed by atoms with E-state index in [0.717, 1.165) is 21.5 Å². The molecule has 0 fully saturated rings. The van der Waals surface area contributed by atoms with Crippen LogP contribution in [-0.4, -0.2) is 0 Å². The molecular weight excluding hydrogens is 609 g/mol. The van der Waals surface area contributed by atoms with E-state index in [1.807, 2.05) is 18.2 Å². The van der Waals surface area contributed by atoms with Gasteiger partial charge in [-0.25, -0.2) is 0 Å². The number of hydrogen-bond acceptors (Lipinski definition) is 1. The molecule has 0 saturated heterocycles. The number of allylic oxidation sites excluding steroid dienone is 2. The molecule has 2 unspecified atom stereocenters. The minimum atomic E-state index is -1.18. The van der Waals surface area contributed by atoms with Gasteiger partial charge in [0.25, 0.3) is 0 Å². The maximum absolute atomic E-state index is 6.85. The largest absolute Gasteiger partial charge is 1.00 e. The number of benzene rings is 4. The summed E-state index contributed by atoms with van der Waals surface area (Å²) in [6, 6.07) is 29.6. The van der Waals surface area contributed by atoms with Crippen molar-refractivity contribution in [3.05, 3.63) is 135 Å². The summed E-state index contributed by atoms with van der Waals surface area (Å²) >= 11 is 12.4. The van der Waals surface area contributed by atoms with Crippen molar-refractivity contribution in [1.82, 2.24) is 0 Å². The second-order valence-electron chi connectivity index (χ2n) is 8.93. The van der Waals surface area contributed by atoms with Crippen LogP contribution < -0.4 is 29.6 Å². The van der Waals surface area contributed by atoms with Crippen molar-refractivity contribution in [2.75, 3.05) is 0 Å². The van der Waals surface area contributed by atoms with Gasteiger partial charge in [-0.2, -0.15) is 0 Å². The number of halogens is 4. The van der Waals surface area contributed by atoms with Crippen molar-refractivity contribution in [1.29, 1.82) is 0 Å². The number of rotatable bonds is 3. The van der Waals surface area contributed by atoms with Gasteiger partial charge < -0.3 is 24.8 Å². The summed E-state index contributed by atoms with van der Waals surface area (Å²) in [5.74, 6) is 2.06. The third-order valence-electron chi connectivity index (χ3n) is 6.89. The van der Waals surface area contributed by atoms with Crippen molar-refractivity contribution in [2.45, 2.75) is 11.8 Å². The number of ether oxygens (including phenoxy) is 1. The topological polar surface area (TPSA) is 9.23 Å². The van der Waals surface area contributed by atoms with E-state index < -0.39 is 23.2 Å². The Morgan fingerprint density at radius 2 is 1.25 bits per heavy atom. The fraction of sp³-hybridized carbons (Fsp3) is 0.0667. The minimum Gasteiger partial charge on any atom is -1.00 e. The monoisotopic (exact) mass is 624 g/mol. The predicted molar refractivity (Wildman–Crippen MR) is 136 cm³/mol. The van der Waals surface area contributed by atoms with Gasteiger partial charge in [0.2, 0.25) is 0 Å². The fourth-order valence-corrected chi connectivity index (χ4v) is 10.3. The standard InChI is InChI=1S/C15H8ClO.C15H10Cl.2ClH.Zr/c16-14-8-12-7-10-4-5-13(15(10)14)9-2-1-3-11(6-9)17-12;16-14-8-4-7-12-9-10-13(15(12)14)11-5-2-1-3-6-11;;;/h1-4,6-8,13H;1-9,13H;2*1H;/q;;;;+2/p-2. The van der Waals surface area contributed by atoms with E-state index in [9.17, 15) is 0 Å². The SMILES string of the molecule is Clc1cccc2c1C(c1ccccc1)[C]([Zr+2][C]1=Cc3cc4cc(Cl)c3C1c1cccc(c1)O4)=C2.[Cl-].[Cl-]. The van der Waals surface area contributed by atoms with Crippen LogP contribution in [-0.2, 0) is 23.2 Å². The number of hydrogen-bond donors (Lipinski definition) is 0. The summed E-state index contributed by atoms with van der Waals surface area (Å²) in [7, 11) is 0. The first-order valence-electron chi connectivity index (χ1n) is 11.3. The van der Waals surface area contributed by atoms with Crippen molar-refractivity contribution >= 4 is 35.4 Å². The van der Waals surface area contributed by atoms with Gasteiger partial charge in [0.15, 0.2) is 0 Å². The molecule has 176 valence electrons. The Labute approximate surface area is 244 Å². The molecule has 6 bridgehead atoms. The zero-order valence-electron chi connectivity index (χ0n) is 18.8. The fourth-order valence-electron chi connectivity index (χ4n) is 5.51. The molecule has 0 amide bonds. The van der Waals surface area contributed by atoms with Gasteiger partial charge >= 0.3 is 222 Å². The van der Waals surface area contributed by atoms with Gasteiger partial charge in [-0.15, -0.1) is 0 Å². The number of fused-ring (bicyclic) bond motifs is 2. The quantitative estimate of drug-likeness (QED) is 0.340. The Morgan fingerprint density at radius 1 is 0.583 bits per heavy atom. The molecule has 8 rings (SSSR count). The zero-order valence-corrected chi connectivity index (χ0v) is 24.3. The van der Waals surface area contributed by atoms with Gasteiger partial charge in [-0.05, 0) is 0 Å². The Bertz CT molecular complexity index is 1540. The molecule has 4 aromatic rings. The molecule has 2 heterocycles. The van der Waals surface area contributed by atoms with Crippen LogP contribution in [0.25, 0.3) is 12.2 Å². The van der Waals surface area contributed by atoms with Crippen LogP contribution in [0.2, 0.25) is 10.0 Å².